The third kappa shape index (κ3) is 6.28. The Labute approximate surface area is 301 Å². The van der Waals surface area contributed by atoms with E-state index in [0.29, 0.717) is 0 Å². The number of rotatable bonds is 12. The zero-order valence-electron chi connectivity index (χ0n) is 29.0. The lowest BCUT2D eigenvalue weighted by molar-refractivity contribution is -0.213. The second kappa shape index (κ2) is 14.6. The molecule has 0 aromatic heterocycles. The van der Waals surface area contributed by atoms with Crippen LogP contribution in [0, 0.1) is 5.41 Å². The third-order valence-corrected chi connectivity index (χ3v) is 10.2. The summed E-state index contributed by atoms with van der Waals surface area (Å²) in [6, 6.07) is 25.2. The molecule has 4 aliphatic rings. The highest BCUT2D eigenvalue weighted by atomic mass is 16.8. The van der Waals surface area contributed by atoms with Gasteiger partial charge in [-0.1, -0.05) is 84.9 Å². The van der Waals surface area contributed by atoms with E-state index >= 15 is 0 Å². The van der Waals surface area contributed by atoms with Crippen molar-refractivity contribution in [3.05, 3.63) is 113 Å². The van der Waals surface area contributed by atoms with Crippen LogP contribution in [0.15, 0.2) is 91.0 Å². The number of hydrogen-bond acceptors (Lipinski definition) is 10. The number of likely N-dealkylation sites (N-methyl/N-ethyl adjacent to an activating group) is 1. The lowest BCUT2D eigenvalue weighted by atomic mass is 9.62. The first kappa shape index (κ1) is 35.5. The molecule has 6 atom stereocenters. The van der Waals surface area contributed by atoms with Gasteiger partial charge in [0.2, 0.25) is 23.5 Å². The summed E-state index contributed by atoms with van der Waals surface area (Å²) >= 11 is 0. The van der Waals surface area contributed by atoms with Gasteiger partial charge in [-0.3, -0.25) is 24.0 Å². The molecule has 13 nitrogen and oxygen atoms in total. The van der Waals surface area contributed by atoms with Crippen LogP contribution in [-0.2, 0) is 50.6 Å². The molecule has 7 rings (SSSR count). The highest BCUT2D eigenvalue weighted by molar-refractivity contribution is 5.94. The molecule has 1 aliphatic carbocycles. The Hall–Kier alpha value is -4.92. The monoisotopic (exact) mass is 710 g/mol. The van der Waals surface area contributed by atoms with Crippen LogP contribution in [0.4, 0.5) is 0 Å². The van der Waals surface area contributed by atoms with E-state index in [4.69, 9.17) is 24.2 Å². The van der Waals surface area contributed by atoms with Crippen LogP contribution in [0.1, 0.15) is 35.1 Å². The maximum Gasteiger partial charge on any atom is 0.327 e. The summed E-state index contributed by atoms with van der Waals surface area (Å²) in [5.41, 5.74) is 1.46. The lowest BCUT2D eigenvalue weighted by Crippen LogP contribution is -2.69. The highest BCUT2D eigenvalue weighted by Gasteiger charge is 2.76. The van der Waals surface area contributed by atoms with Crippen LogP contribution in [-0.4, -0.2) is 103 Å². The molecule has 3 aromatic rings. The van der Waals surface area contributed by atoms with Crippen molar-refractivity contribution < 1.29 is 43.3 Å². The van der Waals surface area contributed by atoms with Gasteiger partial charge in [0.25, 0.3) is 0 Å². The van der Waals surface area contributed by atoms with Crippen LogP contribution in [0.25, 0.3) is 6.08 Å². The molecule has 3 amide bonds. The first-order chi connectivity index (χ1) is 25.2. The van der Waals surface area contributed by atoms with Crippen molar-refractivity contribution in [3.8, 4) is 0 Å². The van der Waals surface area contributed by atoms with Crippen LogP contribution in [0.5, 0.6) is 0 Å². The third-order valence-electron chi connectivity index (χ3n) is 10.2. The van der Waals surface area contributed by atoms with E-state index in [1.54, 1.807) is 20.2 Å². The topological polar surface area (TPSA) is 156 Å². The quantitative estimate of drug-likeness (QED) is 0.188. The number of nitrogens with one attached hydrogen (secondary N) is 2. The molecular formula is C39H42N4O9. The number of nitrogens with zero attached hydrogens (tertiary/aromatic N) is 2. The molecule has 3 aromatic carbocycles. The van der Waals surface area contributed by atoms with Gasteiger partial charge in [-0.05, 0) is 17.2 Å². The maximum atomic E-state index is 14.6. The number of carbonyl (C=O) groups is 4. The Balaban J connectivity index is 1.27. The van der Waals surface area contributed by atoms with Crippen molar-refractivity contribution >= 4 is 29.8 Å². The second-order valence-electron chi connectivity index (χ2n) is 13.6. The number of fused-ring (bicyclic) bond motifs is 4. The summed E-state index contributed by atoms with van der Waals surface area (Å²) in [5, 5.41) is 16.1. The predicted molar refractivity (Wildman–Crippen MR) is 186 cm³/mol. The summed E-state index contributed by atoms with van der Waals surface area (Å²) in [5.74, 6) is -3.02. The zero-order chi connectivity index (χ0) is 36.5. The van der Waals surface area contributed by atoms with Crippen LogP contribution in [0.3, 0.4) is 0 Å². The number of aliphatic hydroxyl groups excluding tert-OH is 1. The Morgan fingerprint density at radius 1 is 0.904 bits per heavy atom. The SMILES string of the molecule is CN(C)C(=O)C=Cc1ccccc1CN1O[C@@H]2[C@H]3OC(c4ccccc4)(c4ccccc4)O[C@H]3[C@H]3C[C@]2(C(=O)NCCC(=O)NCCO)[C@@H]1C(=O)O3. The molecule has 4 fully saturated rings. The van der Waals surface area contributed by atoms with Gasteiger partial charge in [-0.25, -0.2) is 0 Å². The molecule has 3 saturated heterocycles. The first-order valence-electron chi connectivity index (χ1n) is 17.4. The summed E-state index contributed by atoms with van der Waals surface area (Å²) < 4.78 is 20.0. The molecule has 13 heteroatoms. The minimum absolute atomic E-state index is 0.00600. The van der Waals surface area contributed by atoms with Crippen molar-refractivity contribution in [2.45, 2.75) is 55.6 Å². The van der Waals surface area contributed by atoms with Gasteiger partial charge in [0.1, 0.15) is 29.8 Å². The molecule has 52 heavy (non-hydrogen) atoms. The average Bonchev–Trinajstić information content (AvgIpc) is 3.74. The summed E-state index contributed by atoms with van der Waals surface area (Å²) in [6.45, 7) is -0.0305. The van der Waals surface area contributed by atoms with E-state index < -0.39 is 53.5 Å². The van der Waals surface area contributed by atoms with E-state index in [-0.39, 0.29) is 50.9 Å². The van der Waals surface area contributed by atoms with Gasteiger partial charge in [0.05, 0.1) is 13.2 Å². The van der Waals surface area contributed by atoms with Crippen molar-refractivity contribution in [1.29, 1.82) is 0 Å². The Morgan fingerprint density at radius 3 is 2.23 bits per heavy atom. The molecule has 2 bridgehead atoms. The summed E-state index contributed by atoms with van der Waals surface area (Å²) in [4.78, 5) is 61.7. The second-order valence-corrected chi connectivity index (χ2v) is 13.6. The summed E-state index contributed by atoms with van der Waals surface area (Å²) in [6.07, 6.45) is -0.225. The van der Waals surface area contributed by atoms with Crippen molar-refractivity contribution in [2.24, 2.45) is 5.41 Å². The molecule has 3 aliphatic heterocycles. The fourth-order valence-corrected chi connectivity index (χ4v) is 7.75. The largest absolute Gasteiger partial charge is 0.458 e. The van der Waals surface area contributed by atoms with E-state index in [1.165, 1.54) is 16.0 Å². The molecule has 0 unspecified atom stereocenters. The van der Waals surface area contributed by atoms with Gasteiger partial charge in [0, 0.05) is 57.2 Å². The number of esters is 1. The number of benzene rings is 3. The molecule has 272 valence electrons. The van der Waals surface area contributed by atoms with Gasteiger partial charge in [-0.2, -0.15) is 5.06 Å². The molecular weight excluding hydrogens is 668 g/mol. The molecule has 0 radical (unpaired) electrons. The number of carbonyl (C=O) groups excluding carboxylic acids is 4. The highest BCUT2D eigenvalue weighted by Crippen LogP contribution is 2.59. The molecule has 3 N–H and O–H groups in total. The smallest absolute Gasteiger partial charge is 0.327 e. The zero-order valence-corrected chi connectivity index (χ0v) is 29.0. The number of hydrogen-bond donors (Lipinski definition) is 3. The molecule has 1 saturated carbocycles. The van der Waals surface area contributed by atoms with Crippen LogP contribution >= 0.6 is 0 Å². The van der Waals surface area contributed by atoms with E-state index in [9.17, 15) is 19.2 Å². The van der Waals surface area contributed by atoms with Crippen LogP contribution < -0.4 is 10.6 Å². The number of hydroxylamine groups is 2. The van der Waals surface area contributed by atoms with Crippen molar-refractivity contribution in [3.63, 3.8) is 0 Å². The van der Waals surface area contributed by atoms with Crippen molar-refractivity contribution in [2.75, 3.05) is 33.8 Å². The van der Waals surface area contributed by atoms with Gasteiger partial charge in [0.15, 0.2) is 6.04 Å². The van der Waals surface area contributed by atoms with E-state index in [1.807, 2.05) is 84.9 Å². The molecule has 0 spiro atoms. The maximum absolute atomic E-state index is 14.6. The van der Waals surface area contributed by atoms with Gasteiger partial charge < -0.3 is 34.9 Å². The standard InChI is InChI=1S/C39H42N4O9/c1-42(2)31(46)18-17-25-11-9-10-12-26(25)24-43-34-36(47)49-29-23-38(34,37(48)41-20-19-30(45)40-21-22-44)35(52-43)33-32(29)50-39(51-33,27-13-5-3-6-14-27)28-15-7-4-8-16-28/h3-18,29,32-35,44H,19-24H2,1-2H3,(H,40,45)(H,41,48)/t29-,32+,33+,34+,35-,38+/m1/s1. The summed E-state index contributed by atoms with van der Waals surface area (Å²) in [7, 11) is 3.33. The molecule has 3 heterocycles. The van der Waals surface area contributed by atoms with E-state index in [0.717, 1.165) is 22.3 Å². The average molecular weight is 711 g/mol. The lowest BCUT2D eigenvalue weighted by Gasteiger charge is -2.48. The number of amides is 3. The Kier molecular flexibility index (Phi) is 9.96. The van der Waals surface area contributed by atoms with E-state index in [2.05, 4.69) is 10.6 Å². The first-order valence-corrected chi connectivity index (χ1v) is 17.4. The van der Waals surface area contributed by atoms with Gasteiger partial charge >= 0.3 is 5.97 Å². The predicted octanol–water partition coefficient (Wildman–Crippen LogP) is 1.89. The normalized spacial score (nSPS) is 27.1. The van der Waals surface area contributed by atoms with Crippen LogP contribution in [0.2, 0.25) is 0 Å². The van der Waals surface area contributed by atoms with Gasteiger partial charge in [-0.15, -0.1) is 0 Å². The fraction of sp³-hybridized carbons (Fsp3) is 0.385. The van der Waals surface area contributed by atoms with Crippen molar-refractivity contribution in [1.82, 2.24) is 20.6 Å². The number of ether oxygens (including phenoxy) is 3. The fourth-order valence-electron chi connectivity index (χ4n) is 7.75. The Morgan fingerprint density at radius 2 is 1.56 bits per heavy atom. The Bertz CT molecular complexity index is 1800. The number of aliphatic hydroxyl groups is 1. The minimum Gasteiger partial charge on any atom is -0.458 e. The minimum atomic E-state index is -1.47.